The van der Waals surface area contributed by atoms with Crippen molar-refractivity contribution in [2.45, 2.75) is 135 Å². The number of ether oxygens (including phenoxy) is 2. The highest BCUT2D eigenvalue weighted by atomic mass is 31.0. The second-order valence-electron chi connectivity index (χ2n) is 11.6. The highest BCUT2D eigenvalue weighted by molar-refractivity contribution is 7.40. The molecule has 1 unspecified atom stereocenters. The molecule has 0 aliphatic rings. The number of hydrogen-bond donors (Lipinski definition) is 2. The SMILES string of the molecule is CC(=O)CCOCCN(CCOCCC(=O)P)C(=O)CCCNC(=O)CCCCCCCCCCCCCCCCC(=O)O. The number of Topliss-reactive ketones (excluding diaryl/α,β-unsaturated/α-hetero) is 1. The average Bonchev–Trinajstić information content (AvgIpc) is 2.97. The van der Waals surface area contributed by atoms with E-state index in [1.165, 1.54) is 58.3 Å². The van der Waals surface area contributed by atoms with Crippen molar-refractivity contribution in [3.05, 3.63) is 0 Å². The molecular formula is C33H61N2O8P. The lowest BCUT2D eigenvalue weighted by molar-refractivity contribution is -0.137. The maximum Gasteiger partial charge on any atom is 0.303 e. The molecule has 0 aromatic heterocycles. The molecule has 0 spiro atoms. The van der Waals surface area contributed by atoms with Crippen LogP contribution in [0.5, 0.6) is 0 Å². The fourth-order valence-corrected chi connectivity index (χ4v) is 4.82. The molecule has 0 bridgehead atoms. The quantitative estimate of drug-likeness (QED) is 0.0671. The minimum Gasteiger partial charge on any atom is -0.481 e. The van der Waals surface area contributed by atoms with Gasteiger partial charge in [0, 0.05) is 51.7 Å². The van der Waals surface area contributed by atoms with Gasteiger partial charge in [-0.15, -0.1) is 0 Å². The van der Waals surface area contributed by atoms with E-state index in [2.05, 4.69) is 14.6 Å². The first-order valence-electron chi connectivity index (χ1n) is 16.9. The molecule has 0 fully saturated rings. The molecule has 1 atom stereocenters. The third kappa shape index (κ3) is 31.5. The van der Waals surface area contributed by atoms with Crippen molar-refractivity contribution in [1.82, 2.24) is 10.2 Å². The normalized spacial score (nSPS) is 11.0. The highest BCUT2D eigenvalue weighted by Crippen LogP contribution is 2.14. The summed E-state index contributed by atoms with van der Waals surface area (Å²) in [7, 11) is 2.12. The largest absolute Gasteiger partial charge is 0.481 e. The lowest BCUT2D eigenvalue weighted by atomic mass is 10.0. The summed E-state index contributed by atoms with van der Waals surface area (Å²) in [6.07, 6.45) is 18.5. The van der Waals surface area contributed by atoms with Crippen molar-refractivity contribution >= 4 is 38.3 Å². The van der Waals surface area contributed by atoms with Gasteiger partial charge in [-0.25, -0.2) is 0 Å². The molecule has 0 radical (unpaired) electrons. The van der Waals surface area contributed by atoms with Gasteiger partial charge in [0.1, 0.15) is 5.78 Å². The van der Waals surface area contributed by atoms with Crippen LogP contribution in [-0.2, 0) is 33.4 Å². The van der Waals surface area contributed by atoms with E-state index >= 15 is 0 Å². The van der Waals surface area contributed by atoms with Crippen LogP contribution in [0.4, 0.5) is 0 Å². The maximum atomic E-state index is 12.8. The van der Waals surface area contributed by atoms with Gasteiger partial charge in [0.15, 0.2) is 5.52 Å². The van der Waals surface area contributed by atoms with Crippen LogP contribution in [0.1, 0.15) is 135 Å². The van der Waals surface area contributed by atoms with E-state index < -0.39 is 5.97 Å². The van der Waals surface area contributed by atoms with Crippen LogP contribution in [0.15, 0.2) is 0 Å². The van der Waals surface area contributed by atoms with Crippen LogP contribution in [-0.4, -0.2) is 85.2 Å². The van der Waals surface area contributed by atoms with Crippen molar-refractivity contribution in [3.63, 3.8) is 0 Å². The summed E-state index contributed by atoms with van der Waals surface area (Å²) in [5.74, 6) is -0.634. The monoisotopic (exact) mass is 644 g/mol. The zero-order valence-corrected chi connectivity index (χ0v) is 28.6. The standard InChI is InChI=1S/C33H61N2O8P/c1-29(36)20-25-42-27-23-35(24-28-43-26-21-33(41)44)31(38)18-16-22-34-30(37)17-14-12-10-8-6-4-2-3-5-7-9-11-13-15-19-32(39)40/h2-28,44H2,1H3,(H,34,37)(H,39,40). The molecule has 256 valence electrons. The molecule has 10 nitrogen and oxygen atoms in total. The number of aliphatic carboxylic acids is 1. The molecule has 44 heavy (non-hydrogen) atoms. The van der Waals surface area contributed by atoms with Gasteiger partial charge in [0.05, 0.1) is 26.4 Å². The van der Waals surface area contributed by atoms with Crippen molar-refractivity contribution in [2.75, 3.05) is 46.1 Å². The predicted octanol–water partition coefficient (Wildman–Crippen LogP) is 5.84. The number of carbonyl (C=O) groups excluding carboxylic acids is 4. The molecule has 11 heteroatoms. The summed E-state index contributed by atoms with van der Waals surface area (Å²) in [4.78, 5) is 59.2. The van der Waals surface area contributed by atoms with Gasteiger partial charge in [-0.05, 0) is 26.2 Å². The van der Waals surface area contributed by atoms with Gasteiger partial charge in [-0.1, -0.05) is 86.3 Å². The molecule has 2 N–H and O–H groups in total. The highest BCUT2D eigenvalue weighted by Gasteiger charge is 2.14. The second-order valence-corrected chi connectivity index (χ2v) is 12.2. The first kappa shape index (κ1) is 42.1. The molecule has 0 aromatic carbocycles. The minimum absolute atomic E-state index is 0.0204. The van der Waals surface area contributed by atoms with Crippen LogP contribution in [0.25, 0.3) is 0 Å². The van der Waals surface area contributed by atoms with Crippen molar-refractivity contribution in [3.8, 4) is 0 Å². The van der Waals surface area contributed by atoms with Gasteiger partial charge in [-0.2, -0.15) is 0 Å². The van der Waals surface area contributed by atoms with Gasteiger partial charge < -0.3 is 24.8 Å². The van der Waals surface area contributed by atoms with Crippen molar-refractivity contribution < 1.29 is 38.6 Å². The summed E-state index contributed by atoms with van der Waals surface area (Å²) in [5, 5.41) is 11.6. The number of amides is 2. The molecule has 0 heterocycles. The minimum atomic E-state index is -0.693. The number of nitrogens with zero attached hydrogens (tertiary/aromatic N) is 1. The lowest BCUT2D eigenvalue weighted by Crippen LogP contribution is -2.37. The van der Waals surface area contributed by atoms with Gasteiger partial charge in [0.25, 0.3) is 0 Å². The van der Waals surface area contributed by atoms with Gasteiger partial charge >= 0.3 is 5.97 Å². The molecular weight excluding hydrogens is 583 g/mol. The molecule has 0 saturated heterocycles. The number of carboxylic acids is 1. The zero-order valence-electron chi connectivity index (χ0n) is 27.4. The number of carbonyl (C=O) groups is 5. The Kier molecular flexibility index (Phi) is 29.8. The van der Waals surface area contributed by atoms with Crippen LogP contribution < -0.4 is 5.32 Å². The van der Waals surface area contributed by atoms with Crippen molar-refractivity contribution in [1.29, 1.82) is 0 Å². The van der Waals surface area contributed by atoms with Crippen LogP contribution in [0.2, 0.25) is 0 Å². The molecule has 0 aromatic rings. The Morgan fingerprint density at radius 1 is 0.591 bits per heavy atom. The topological polar surface area (TPSA) is 139 Å². The average molecular weight is 645 g/mol. The Hall–Kier alpha value is -1.90. The second kappa shape index (κ2) is 31.1. The van der Waals surface area contributed by atoms with Crippen molar-refractivity contribution in [2.24, 2.45) is 0 Å². The summed E-state index contributed by atoms with van der Waals surface area (Å²) < 4.78 is 10.9. The van der Waals surface area contributed by atoms with E-state index in [0.717, 1.165) is 38.5 Å². The van der Waals surface area contributed by atoms with E-state index in [-0.39, 0.29) is 23.1 Å². The summed E-state index contributed by atoms with van der Waals surface area (Å²) >= 11 is 0. The maximum absolute atomic E-state index is 12.8. The Labute approximate surface area is 268 Å². The molecule has 0 aliphatic heterocycles. The Morgan fingerprint density at radius 3 is 1.50 bits per heavy atom. The van der Waals surface area contributed by atoms with E-state index in [1.807, 2.05) is 0 Å². The lowest BCUT2D eigenvalue weighted by Gasteiger charge is -2.23. The smallest absolute Gasteiger partial charge is 0.303 e. The first-order chi connectivity index (χ1) is 21.2. The third-order valence-electron chi connectivity index (χ3n) is 7.39. The summed E-state index contributed by atoms with van der Waals surface area (Å²) in [6.45, 7) is 4.07. The number of ketones is 1. The van der Waals surface area contributed by atoms with E-state index in [1.54, 1.807) is 4.90 Å². The van der Waals surface area contributed by atoms with Gasteiger partial charge in [-0.3, -0.25) is 24.0 Å². The van der Waals surface area contributed by atoms with E-state index in [9.17, 15) is 24.0 Å². The third-order valence-corrected chi connectivity index (χ3v) is 7.68. The Bertz CT molecular complexity index is 757. The number of hydrogen-bond acceptors (Lipinski definition) is 7. The van der Waals surface area contributed by atoms with Crippen LogP contribution in [0.3, 0.4) is 0 Å². The van der Waals surface area contributed by atoms with E-state index in [4.69, 9.17) is 14.6 Å². The number of nitrogens with one attached hydrogen (secondary N) is 1. The van der Waals surface area contributed by atoms with E-state index in [0.29, 0.717) is 84.6 Å². The fourth-order valence-electron chi connectivity index (χ4n) is 4.70. The number of unbranched alkanes of at least 4 members (excludes halogenated alkanes) is 13. The van der Waals surface area contributed by atoms with Gasteiger partial charge in [0.2, 0.25) is 11.8 Å². The molecule has 2 amide bonds. The van der Waals surface area contributed by atoms with Crippen LogP contribution in [0, 0.1) is 0 Å². The Morgan fingerprint density at radius 2 is 1.05 bits per heavy atom. The number of rotatable bonds is 33. The fraction of sp³-hybridized carbons (Fsp3) is 0.848. The van der Waals surface area contributed by atoms with Crippen LogP contribution >= 0.6 is 9.24 Å². The first-order valence-corrected chi connectivity index (χ1v) is 17.5. The predicted molar refractivity (Wildman–Crippen MR) is 177 cm³/mol. The summed E-state index contributed by atoms with van der Waals surface area (Å²) in [5.41, 5.74) is -0.0204. The molecule has 0 rings (SSSR count). The summed E-state index contributed by atoms with van der Waals surface area (Å²) in [6, 6.07) is 0. The number of carboxylic acid groups (broad SMARTS) is 1. The Balaban J connectivity index is 3.81. The zero-order chi connectivity index (χ0) is 32.7. The molecule has 0 saturated carbocycles. The molecule has 0 aliphatic carbocycles.